The Morgan fingerprint density at radius 2 is 2.16 bits per heavy atom. The smallest absolute Gasteiger partial charge is 0.124 e. The van der Waals surface area contributed by atoms with Crippen molar-refractivity contribution in [2.75, 3.05) is 26.2 Å². The molecule has 0 bridgehead atoms. The van der Waals surface area contributed by atoms with Crippen molar-refractivity contribution in [2.45, 2.75) is 19.9 Å². The van der Waals surface area contributed by atoms with Crippen LogP contribution in [0.15, 0.2) is 18.2 Å². The number of aliphatic hydroxyl groups excluding tert-OH is 1. The fraction of sp³-hybridized carbons (Fsp3) is 0.467. The molecule has 0 heterocycles. The summed E-state index contributed by atoms with van der Waals surface area (Å²) in [5.74, 6) is 5.35. The largest absolute Gasteiger partial charge is 0.395 e. The molecule has 3 nitrogen and oxygen atoms in total. The van der Waals surface area contributed by atoms with Crippen LogP contribution >= 0.6 is 0 Å². The molecule has 4 heteroatoms. The van der Waals surface area contributed by atoms with Gasteiger partial charge in [0.25, 0.3) is 0 Å². The van der Waals surface area contributed by atoms with Gasteiger partial charge in [0.15, 0.2) is 0 Å². The first kappa shape index (κ1) is 15.6. The SMILES string of the molecule is CCCN(CCO)Cc1ccc(F)cc1C#CCN. The molecule has 0 aliphatic carbocycles. The Labute approximate surface area is 114 Å². The highest BCUT2D eigenvalue weighted by Crippen LogP contribution is 2.13. The molecule has 0 unspecified atom stereocenters. The third-order valence-electron chi connectivity index (χ3n) is 2.75. The fourth-order valence-electron chi connectivity index (χ4n) is 1.92. The molecule has 0 aliphatic heterocycles. The molecule has 0 atom stereocenters. The fourth-order valence-corrected chi connectivity index (χ4v) is 1.92. The number of aliphatic hydroxyl groups is 1. The van der Waals surface area contributed by atoms with Crippen molar-refractivity contribution in [1.29, 1.82) is 0 Å². The summed E-state index contributed by atoms with van der Waals surface area (Å²) in [7, 11) is 0. The lowest BCUT2D eigenvalue weighted by Gasteiger charge is -2.21. The third-order valence-corrected chi connectivity index (χ3v) is 2.75. The van der Waals surface area contributed by atoms with Crippen LogP contribution in [0.4, 0.5) is 4.39 Å². The van der Waals surface area contributed by atoms with Crippen LogP contribution < -0.4 is 5.73 Å². The molecule has 0 amide bonds. The van der Waals surface area contributed by atoms with Crippen LogP contribution in [0, 0.1) is 17.7 Å². The Hall–Kier alpha value is -1.41. The molecule has 0 spiro atoms. The summed E-state index contributed by atoms with van der Waals surface area (Å²) in [6.45, 7) is 4.61. The lowest BCUT2D eigenvalue weighted by Crippen LogP contribution is -2.27. The number of rotatable bonds is 6. The zero-order valence-electron chi connectivity index (χ0n) is 11.3. The van der Waals surface area contributed by atoms with Crippen LogP contribution in [0.1, 0.15) is 24.5 Å². The van der Waals surface area contributed by atoms with Crippen LogP contribution in [0.3, 0.4) is 0 Å². The number of nitrogens with two attached hydrogens (primary N) is 1. The average molecular weight is 264 g/mol. The lowest BCUT2D eigenvalue weighted by molar-refractivity contribution is 0.190. The van der Waals surface area contributed by atoms with E-state index < -0.39 is 0 Å². The van der Waals surface area contributed by atoms with Gasteiger partial charge in [-0.25, -0.2) is 4.39 Å². The minimum absolute atomic E-state index is 0.116. The molecular weight excluding hydrogens is 243 g/mol. The minimum atomic E-state index is -0.297. The van der Waals surface area contributed by atoms with Gasteiger partial charge in [-0.15, -0.1) is 0 Å². The average Bonchev–Trinajstić information content (AvgIpc) is 2.39. The quantitative estimate of drug-likeness (QED) is 0.762. The van der Waals surface area contributed by atoms with Crippen molar-refractivity contribution < 1.29 is 9.50 Å². The van der Waals surface area contributed by atoms with Crippen LogP contribution in [-0.4, -0.2) is 36.2 Å². The van der Waals surface area contributed by atoms with Gasteiger partial charge in [-0.3, -0.25) is 4.90 Å². The summed E-state index contributed by atoms with van der Waals surface area (Å²) in [5.41, 5.74) is 6.98. The van der Waals surface area contributed by atoms with Crippen molar-refractivity contribution in [3.8, 4) is 11.8 Å². The van der Waals surface area contributed by atoms with E-state index in [4.69, 9.17) is 10.8 Å². The van der Waals surface area contributed by atoms with E-state index in [2.05, 4.69) is 23.7 Å². The Morgan fingerprint density at radius 1 is 1.37 bits per heavy atom. The summed E-state index contributed by atoms with van der Waals surface area (Å²) >= 11 is 0. The molecule has 104 valence electrons. The molecule has 1 rings (SSSR count). The van der Waals surface area contributed by atoms with Gasteiger partial charge in [-0.05, 0) is 30.7 Å². The minimum Gasteiger partial charge on any atom is -0.395 e. The summed E-state index contributed by atoms with van der Waals surface area (Å²) in [4.78, 5) is 2.13. The maximum atomic E-state index is 13.3. The highest BCUT2D eigenvalue weighted by Gasteiger charge is 2.08. The molecule has 0 aliphatic rings. The summed E-state index contributed by atoms with van der Waals surface area (Å²) in [6, 6.07) is 4.61. The van der Waals surface area contributed by atoms with E-state index in [-0.39, 0.29) is 19.0 Å². The second kappa shape index (κ2) is 8.65. The highest BCUT2D eigenvalue weighted by atomic mass is 19.1. The van der Waals surface area contributed by atoms with Crippen molar-refractivity contribution in [1.82, 2.24) is 4.90 Å². The number of benzene rings is 1. The summed E-state index contributed by atoms with van der Waals surface area (Å²) < 4.78 is 13.3. The molecule has 19 heavy (non-hydrogen) atoms. The topological polar surface area (TPSA) is 49.5 Å². The van der Waals surface area contributed by atoms with Crippen molar-refractivity contribution >= 4 is 0 Å². The molecule has 0 saturated heterocycles. The van der Waals surface area contributed by atoms with E-state index in [1.165, 1.54) is 12.1 Å². The molecule has 0 aromatic heterocycles. The number of nitrogens with zero attached hydrogens (tertiary/aromatic N) is 1. The van der Waals surface area contributed by atoms with Gasteiger partial charge in [-0.2, -0.15) is 0 Å². The maximum Gasteiger partial charge on any atom is 0.124 e. The number of hydrogen-bond donors (Lipinski definition) is 2. The first-order valence-corrected chi connectivity index (χ1v) is 6.51. The van der Waals surface area contributed by atoms with Crippen LogP contribution in [0.25, 0.3) is 0 Å². The monoisotopic (exact) mass is 264 g/mol. The van der Waals surface area contributed by atoms with Crippen molar-refractivity contribution in [3.63, 3.8) is 0 Å². The van der Waals surface area contributed by atoms with E-state index >= 15 is 0 Å². The van der Waals surface area contributed by atoms with Gasteiger partial charge >= 0.3 is 0 Å². The predicted molar refractivity (Wildman–Crippen MR) is 75.0 cm³/mol. The highest BCUT2D eigenvalue weighted by molar-refractivity contribution is 5.41. The van der Waals surface area contributed by atoms with Crippen LogP contribution in [-0.2, 0) is 6.54 Å². The van der Waals surface area contributed by atoms with Gasteiger partial charge in [0.05, 0.1) is 13.2 Å². The zero-order chi connectivity index (χ0) is 14.1. The zero-order valence-corrected chi connectivity index (χ0v) is 11.3. The van der Waals surface area contributed by atoms with E-state index in [0.29, 0.717) is 18.7 Å². The Bertz CT molecular complexity index is 445. The summed E-state index contributed by atoms with van der Waals surface area (Å²) in [5, 5.41) is 9.05. The van der Waals surface area contributed by atoms with Crippen LogP contribution in [0.2, 0.25) is 0 Å². The maximum absolute atomic E-state index is 13.3. The number of hydrogen-bond acceptors (Lipinski definition) is 3. The molecule has 1 aromatic rings. The predicted octanol–water partition coefficient (Wildman–Crippen LogP) is 1.34. The van der Waals surface area contributed by atoms with Gasteiger partial charge in [0, 0.05) is 18.7 Å². The van der Waals surface area contributed by atoms with E-state index in [9.17, 15) is 4.39 Å². The Balaban J connectivity index is 2.91. The number of halogens is 1. The van der Waals surface area contributed by atoms with E-state index in [1.54, 1.807) is 6.07 Å². The first-order valence-electron chi connectivity index (χ1n) is 6.51. The molecule has 0 fully saturated rings. The lowest BCUT2D eigenvalue weighted by atomic mass is 10.1. The standard InChI is InChI=1S/C15H21FN2O/c1-2-8-18(9-10-19)12-14-5-6-15(16)11-13(14)4-3-7-17/h5-6,11,19H,2,7-10,12,17H2,1H3. The Morgan fingerprint density at radius 3 is 2.79 bits per heavy atom. The van der Waals surface area contributed by atoms with Gasteiger partial charge in [0.2, 0.25) is 0 Å². The first-order chi connectivity index (χ1) is 9.21. The van der Waals surface area contributed by atoms with Gasteiger partial charge in [0.1, 0.15) is 5.82 Å². The summed E-state index contributed by atoms with van der Waals surface area (Å²) in [6.07, 6.45) is 1.00. The third kappa shape index (κ3) is 5.39. The molecule has 3 N–H and O–H groups in total. The van der Waals surface area contributed by atoms with E-state index in [0.717, 1.165) is 18.5 Å². The normalized spacial score (nSPS) is 10.4. The second-order valence-corrected chi connectivity index (χ2v) is 4.31. The molecular formula is C15H21FN2O. The van der Waals surface area contributed by atoms with Gasteiger partial charge in [-0.1, -0.05) is 24.8 Å². The molecule has 1 aromatic carbocycles. The molecule has 0 saturated carbocycles. The van der Waals surface area contributed by atoms with Crippen LogP contribution in [0.5, 0.6) is 0 Å². The molecule has 0 radical (unpaired) electrons. The van der Waals surface area contributed by atoms with Crippen molar-refractivity contribution in [3.05, 3.63) is 35.1 Å². The Kier molecular flexibility index (Phi) is 7.12. The van der Waals surface area contributed by atoms with Gasteiger partial charge < -0.3 is 10.8 Å². The van der Waals surface area contributed by atoms with Crippen molar-refractivity contribution in [2.24, 2.45) is 5.73 Å². The van der Waals surface area contributed by atoms with E-state index in [1.807, 2.05) is 0 Å². The second-order valence-electron chi connectivity index (χ2n) is 4.31.